The second-order valence-corrected chi connectivity index (χ2v) is 4.57. The zero-order chi connectivity index (χ0) is 12.7. The zero-order valence-corrected chi connectivity index (χ0v) is 11.2. The van der Waals surface area contributed by atoms with Gasteiger partial charge in [-0.1, -0.05) is 13.8 Å². The van der Waals surface area contributed by atoms with Crippen LogP contribution < -0.4 is 11.1 Å². The maximum atomic E-state index is 5.58. The van der Waals surface area contributed by atoms with Gasteiger partial charge in [0.1, 0.15) is 11.6 Å². The van der Waals surface area contributed by atoms with Crippen LogP contribution in [0.2, 0.25) is 0 Å². The van der Waals surface area contributed by atoms with Gasteiger partial charge >= 0.3 is 0 Å². The maximum absolute atomic E-state index is 5.58. The summed E-state index contributed by atoms with van der Waals surface area (Å²) in [6.45, 7) is 7.98. The lowest BCUT2D eigenvalue weighted by atomic mass is 10.1. The van der Waals surface area contributed by atoms with Gasteiger partial charge in [-0.3, -0.25) is 0 Å². The highest BCUT2D eigenvalue weighted by Crippen LogP contribution is 2.08. The van der Waals surface area contributed by atoms with E-state index in [2.05, 4.69) is 29.1 Å². The van der Waals surface area contributed by atoms with E-state index >= 15 is 0 Å². The molecule has 0 saturated carbocycles. The summed E-state index contributed by atoms with van der Waals surface area (Å²) in [4.78, 5) is 8.80. The summed E-state index contributed by atoms with van der Waals surface area (Å²) in [5.41, 5.74) is 6.60. The fourth-order valence-electron chi connectivity index (χ4n) is 1.66. The van der Waals surface area contributed by atoms with Gasteiger partial charge < -0.3 is 11.1 Å². The third-order valence-electron chi connectivity index (χ3n) is 2.80. The van der Waals surface area contributed by atoms with Crippen molar-refractivity contribution >= 4 is 5.82 Å². The normalized spacial score (nSPS) is 12.5. The minimum atomic E-state index is 0.607. The fourth-order valence-corrected chi connectivity index (χ4v) is 1.66. The topological polar surface area (TPSA) is 63.8 Å². The van der Waals surface area contributed by atoms with Gasteiger partial charge in [0.25, 0.3) is 0 Å². The fraction of sp³-hybridized carbons (Fsp3) is 0.692. The van der Waals surface area contributed by atoms with E-state index in [9.17, 15) is 0 Å². The molecule has 1 atom stereocenters. The molecule has 1 aromatic rings. The van der Waals surface area contributed by atoms with Gasteiger partial charge in [0, 0.05) is 24.7 Å². The van der Waals surface area contributed by atoms with Gasteiger partial charge in [0.05, 0.1) is 0 Å². The molecule has 1 unspecified atom stereocenters. The molecule has 1 heterocycles. The Morgan fingerprint density at radius 2 is 2.18 bits per heavy atom. The Kier molecular flexibility index (Phi) is 5.91. The first-order valence-corrected chi connectivity index (χ1v) is 6.44. The van der Waals surface area contributed by atoms with Crippen LogP contribution in [0.25, 0.3) is 0 Å². The molecule has 1 rings (SSSR count). The number of nitrogens with two attached hydrogens (primary N) is 1. The van der Waals surface area contributed by atoms with Crippen molar-refractivity contribution in [3.8, 4) is 0 Å². The summed E-state index contributed by atoms with van der Waals surface area (Å²) in [6, 6.07) is 1.99. The third-order valence-corrected chi connectivity index (χ3v) is 2.80. The molecule has 4 heteroatoms. The van der Waals surface area contributed by atoms with Gasteiger partial charge in [-0.25, -0.2) is 9.97 Å². The Morgan fingerprint density at radius 3 is 2.82 bits per heavy atom. The highest BCUT2D eigenvalue weighted by atomic mass is 15.0. The highest BCUT2D eigenvalue weighted by molar-refractivity contribution is 5.35. The Bertz CT molecular complexity index is 338. The highest BCUT2D eigenvalue weighted by Gasteiger charge is 2.01. The Labute approximate surface area is 104 Å². The van der Waals surface area contributed by atoms with E-state index in [-0.39, 0.29) is 0 Å². The molecule has 0 bridgehead atoms. The second kappa shape index (κ2) is 7.22. The molecule has 0 aromatic carbocycles. The molecule has 4 nitrogen and oxygen atoms in total. The summed E-state index contributed by atoms with van der Waals surface area (Å²) in [7, 11) is 0. The predicted molar refractivity (Wildman–Crippen MR) is 72.1 cm³/mol. The smallest absolute Gasteiger partial charge is 0.130 e. The van der Waals surface area contributed by atoms with E-state index in [1.165, 1.54) is 0 Å². The number of hydrogen-bond donors (Lipinski definition) is 2. The molecule has 96 valence electrons. The molecule has 1 aromatic heterocycles. The summed E-state index contributed by atoms with van der Waals surface area (Å²) in [5, 5.41) is 3.35. The van der Waals surface area contributed by atoms with E-state index in [1.54, 1.807) is 0 Å². The van der Waals surface area contributed by atoms with Crippen LogP contribution >= 0.6 is 0 Å². The molecule has 17 heavy (non-hydrogen) atoms. The van der Waals surface area contributed by atoms with Crippen molar-refractivity contribution in [2.24, 2.45) is 11.7 Å². The monoisotopic (exact) mass is 236 g/mol. The molecule has 0 aliphatic carbocycles. The first kappa shape index (κ1) is 13.9. The molecule has 0 radical (unpaired) electrons. The van der Waals surface area contributed by atoms with Gasteiger partial charge in [0.2, 0.25) is 0 Å². The predicted octanol–water partition coefficient (Wildman–Crippen LogP) is 2.13. The number of aryl methyl sites for hydroxylation is 2. The lowest BCUT2D eigenvalue weighted by molar-refractivity contribution is 0.529. The summed E-state index contributed by atoms with van der Waals surface area (Å²) >= 11 is 0. The van der Waals surface area contributed by atoms with Crippen molar-refractivity contribution in [1.82, 2.24) is 9.97 Å². The molecule has 0 aliphatic rings. The second-order valence-electron chi connectivity index (χ2n) is 4.57. The number of hydrogen-bond acceptors (Lipinski definition) is 4. The quantitative estimate of drug-likeness (QED) is 0.712. The molecule has 0 spiro atoms. The Hall–Kier alpha value is -1.16. The molecule has 0 fully saturated rings. The molecule has 0 saturated heterocycles. The van der Waals surface area contributed by atoms with Crippen LogP contribution in [0.4, 0.5) is 5.82 Å². The molecule has 0 amide bonds. The van der Waals surface area contributed by atoms with Crippen molar-refractivity contribution in [2.45, 2.75) is 40.0 Å². The SMILES string of the molecule is CCc1nc(C)cc(NCCCC(C)CN)n1. The average molecular weight is 236 g/mol. The van der Waals surface area contributed by atoms with Crippen molar-refractivity contribution in [3.63, 3.8) is 0 Å². The van der Waals surface area contributed by atoms with Crippen molar-refractivity contribution in [3.05, 3.63) is 17.6 Å². The number of nitrogens with zero attached hydrogens (tertiary/aromatic N) is 2. The first-order valence-electron chi connectivity index (χ1n) is 6.44. The zero-order valence-electron chi connectivity index (χ0n) is 11.2. The standard InChI is InChI=1S/C13H24N4/c1-4-12-16-11(3)8-13(17-12)15-7-5-6-10(2)9-14/h8,10H,4-7,9,14H2,1-3H3,(H,15,16,17). The van der Waals surface area contributed by atoms with E-state index in [1.807, 2.05) is 13.0 Å². The summed E-state index contributed by atoms with van der Waals surface area (Å²) in [6.07, 6.45) is 3.16. The average Bonchev–Trinajstić information content (AvgIpc) is 2.33. The molecular weight excluding hydrogens is 212 g/mol. The van der Waals surface area contributed by atoms with Crippen LogP contribution in [0.5, 0.6) is 0 Å². The lowest BCUT2D eigenvalue weighted by Crippen LogP contribution is -2.13. The Morgan fingerprint density at radius 1 is 1.41 bits per heavy atom. The van der Waals surface area contributed by atoms with Crippen LogP contribution in [0.3, 0.4) is 0 Å². The Balaban J connectivity index is 2.38. The van der Waals surface area contributed by atoms with Crippen LogP contribution in [0, 0.1) is 12.8 Å². The number of nitrogens with one attached hydrogen (secondary N) is 1. The molecule has 3 N–H and O–H groups in total. The van der Waals surface area contributed by atoms with E-state index in [4.69, 9.17) is 5.73 Å². The van der Waals surface area contributed by atoms with Crippen molar-refractivity contribution in [1.29, 1.82) is 0 Å². The minimum Gasteiger partial charge on any atom is -0.370 e. The van der Waals surface area contributed by atoms with Crippen molar-refractivity contribution in [2.75, 3.05) is 18.4 Å². The van der Waals surface area contributed by atoms with Gasteiger partial charge in [0.15, 0.2) is 0 Å². The van der Waals surface area contributed by atoms with E-state index in [0.717, 1.165) is 49.7 Å². The van der Waals surface area contributed by atoms with Crippen LogP contribution in [-0.2, 0) is 6.42 Å². The number of anilines is 1. The number of rotatable bonds is 7. The molecule has 0 aliphatic heterocycles. The molecular formula is C13H24N4. The van der Waals surface area contributed by atoms with Gasteiger partial charge in [-0.2, -0.15) is 0 Å². The van der Waals surface area contributed by atoms with E-state index < -0.39 is 0 Å². The largest absolute Gasteiger partial charge is 0.370 e. The maximum Gasteiger partial charge on any atom is 0.130 e. The number of aromatic nitrogens is 2. The third kappa shape index (κ3) is 5.13. The van der Waals surface area contributed by atoms with Gasteiger partial charge in [-0.15, -0.1) is 0 Å². The summed E-state index contributed by atoms with van der Waals surface area (Å²) in [5.74, 6) is 2.45. The lowest BCUT2D eigenvalue weighted by Gasteiger charge is -2.10. The van der Waals surface area contributed by atoms with E-state index in [0.29, 0.717) is 5.92 Å². The first-order chi connectivity index (χ1) is 8.15. The van der Waals surface area contributed by atoms with Crippen molar-refractivity contribution < 1.29 is 0 Å². The van der Waals surface area contributed by atoms with Crippen LogP contribution in [0.1, 0.15) is 38.2 Å². The van der Waals surface area contributed by atoms with Crippen LogP contribution in [0.15, 0.2) is 6.07 Å². The van der Waals surface area contributed by atoms with Gasteiger partial charge in [-0.05, 0) is 32.2 Å². The minimum absolute atomic E-state index is 0.607. The summed E-state index contributed by atoms with van der Waals surface area (Å²) < 4.78 is 0. The van der Waals surface area contributed by atoms with Crippen LogP contribution in [-0.4, -0.2) is 23.1 Å².